The predicted molar refractivity (Wildman–Crippen MR) is 114 cm³/mol. The fourth-order valence-corrected chi connectivity index (χ4v) is 3.60. The Bertz CT molecular complexity index is 1060. The lowest BCUT2D eigenvalue weighted by Crippen LogP contribution is -2.27. The zero-order chi connectivity index (χ0) is 20.4. The molecular formula is C23H24ClN3O2. The van der Waals surface area contributed by atoms with Crippen molar-refractivity contribution in [2.24, 2.45) is 0 Å². The minimum atomic E-state index is -0.204. The van der Waals surface area contributed by atoms with Gasteiger partial charge < -0.3 is 0 Å². The van der Waals surface area contributed by atoms with E-state index in [1.165, 1.54) is 15.8 Å². The molecule has 1 saturated carbocycles. The summed E-state index contributed by atoms with van der Waals surface area (Å²) >= 11 is 5.98. The lowest BCUT2D eigenvalue weighted by atomic mass is 10.1. The van der Waals surface area contributed by atoms with Crippen LogP contribution in [0.1, 0.15) is 42.9 Å². The number of carbonyl (C=O) groups is 1. The largest absolute Gasteiger partial charge is 0.346 e. The van der Waals surface area contributed by atoms with Gasteiger partial charge >= 0.3 is 5.69 Å². The summed E-state index contributed by atoms with van der Waals surface area (Å²) in [6.45, 7) is 2.08. The highest BCUT2D eigenvalue weighted by atomic mass is 35.5. The quantitative estimate of drug-likeness (QED) is 0.546. The Labute approximate surface area is 174 Å². The molecule has 29 heavy (non-hydrogen) atoms. The molecule has 0 atom stereocenters. The molecule has 0 bridgehead atoms. The van der Waals surface area contributed by atoms with E-state index in [2.05, 4.69) is 36.3 Å². The summed E-state index contributed by atoms with van der Waals surface area (Å²) in [5.74, 6) is 0.643. The Morgan fingerprint density at radius 3 is 2.45 bits per heavy atom. The van der Waals surface area contributed by atoms with E-state index in [0.717, 1.165) is 31.2 Å². The minimum Gasteiger partial charge on any atom is -0.298 e. The molecule has 1 aliphatic carbocycles. The average Bonchev–Trinajstić information content (AvgIpc) is 3.49. The van der Waals surface area contributed by atoms with E-state index in [9.17, 15) is 9.59 Å². The lowest BCUT2D eigenvalue weighted by molar-refractivity contribution is -0.119. The third kappa shape index (κ3) is 4.67. The number of hydrogen-bond donors (Lipinski definition) is 0. The molecule has 2 aromatic carbocycles. The summed E-state index contributed by atoms with van der Waals surface area (Å²) in [5.41, 5.74) is 3.09. The van der Waals surface area contributed by atoms with Crippen LogP contribution in [0.15, 0.2) is 53.3 Å². The van der Waals surface area contributed by atoms with Gasteiger partial charge in [-0.3, -0.25) is 9.36 Å². The highest BCUT2D eigenvalue weighted by Crippen LogP contribution is 2.36. The lowest BCUT2D eigenvalue weighted by Gasteiger charge is -2.03. The van der Waals surface area contributed by atoms with Crippen LogP contribution < -0.4 is 5.69 Å². The highest BCUT2D eigenvalue weighted by Gasteiger charge is 2.30. The van der Waals surface area contributed by atoms with Crippen molar-refractivity contribution in [1.29, 1.82) is 0 Å². The van der Waals surface area contributed by atoms with Crippen molar-refractivity contribution in [3.8, 4) is 11.4 Å². The molecule has 0 amide bonds. The van der Waals surface area contributed by atoms with E-state index in [0.29, 0.717) is 17.3 Å². The fraction of sp³-hybridized carbons (Fsp3) is 0.348. The molecule has 0 aliphatic heterocycles. The van der Waals surface area contributed by atoms with E-state index in [1.54, 1.807) is 16.7 Å². The van der Waals surface area contributed by atoms with Gasteiger partial charge in [0.25, 0.3) is 0 Å². The number of aryl methyl sites for hydroxylation is 2. The summed E-state index contributed by atoms with van der Waals surface area (Å²) in [7, 11) is 0. The van der Waals surface area contributed by atoms with Crippen molar-refractivity contribution >= 4 is 17.4 Å². The monoisotopic (exact) mass is 409 g/mol. The molecule has 0 saturated heterocycles. The summed E-state index contributed by atoms with van der Waals surface area (Å²) < 4.78 is 3.04. The predicted octanol–water partition coefficient (Wildman–Crippen LogP) is 4.60. The maximum atomic E-state index is 12.9. The molecule has 0 radical (unpaired) electrons. The van der Waals surface area contributed by atoms with Crippen molar-refractivity contribution in [3.05, 3.63) is 75.2 Å². The van der Waals surface area contributed by atoms with Crippen LogP contribution in [0.2, 0.25) is 5.02 Å². The summed E-state index contributed by atoms with van der Waals surface area (Å²) in [6, 6.07) is 15.8. The Balaban J connectivity index is 1.45. The van der Waals surface area contributed by atoms with Crippen LogP contribution >= 0.6 is 11.6 Å². The number of ketones is 1. The number of rotatable bonds is 8. The molecule has 5 nitrogen and oxygen atoms in total. The van der Waals surface area contributed by atoms with Crippen molar-refractivity contribution < 1.29 is 4.79 Å². The normalized spacial score (nSPS) is 13.6. The van der Waals surface area contributed by atoms with E-state index in [4.69, 9.17) is 11.6 Å². The Morgan fingerprint density at radius 2 is 1.79 bits per heavy atom. The average molecular weight is 410 g/mol. The van der Waals surface area contributed by atoms with Gasteiger partial charge in [0, 0.05) is 23.0 Å². The van der Waals surface area contributed by atoms with Crippen LogP contribution in [0.25, 0.3) is 11.4 Å². The van der Waals surface area contributed by atoms with E-state index in [-0.39, 0.29) is 24.1 Å². The van der Waals surface area contributed by atoms with Crippen LogP contribution in [0.5, 0.6) is 0 Å². The van der Waals surface area contributed by atoms with Crippen LogP contribution in [0.3, 0.4) is 0 Å². The zero-order valence-corrected chi connectivity index (χ0v) is 17.2. The third-order valence-corrected chi connectivity index (χ3v) is 5.50. The Hall–Kier alpha value is -2.66. The molecule has 0 unspecified atom stereocenters. The molecule has 4 rings (SSSR count). The third-order valence-electron chi connectivity index (χ3n) is 5.25. The van der Waals surface area contributed by atoms with Crippen molar-refractivity contribution in [3.63, 3.8) is 0 Å². The molecule has 6 heteroatoms. The topological polar surface area (TPSA) is 56.9 Å². The number of halogens is 1. The highest BCUT2D eigenvalue weighted by molar-refractivity contribution is 6.30. The molecule has 1 aliphatic rings. The zero-order valence-electron chi connectivity index (χ0n) is 16.5. The van der Waals surface area contributed by atoms with Gasteiger partial charge in [-0.25, -0.2) is 9.48 Å². The first kappa shape index (κ1) is 19.6. The van der Waals surface area contributed by atoms with Gasteiger partial charge in [0.2, 0.25) is 0 Å². The first-order chi connectivity index (χ1) is 14.0. The second-order valence-corrected chi connectivity index (χ2v) is 8.19. The van der Waals surface area contributed by atoms with Crippen molar-refractivity contribution in [2.45, 2.75) is 51.6 Å². The first-order valence-corrected chi connectivity index (χ1v) is 10.4. The van der Waals surface area contributed by atoms with Gasteiger partial charge in [0.15, 0.2) is 11.6 Å². The van der Waals surface area contributed by atoms with Crippen LogP contribution in [0.4, 0.5) is 0 Å². The number of hydrogen-bond acceptors (Lipinski definition) is 3. The molecule has 0 spiro atoms. The van der Waals surface area contributed by atoms with Gasteiger partial charge in [-0.1, -0.05) is 41.4 Å². The molecule has 150 valence electrons. The van der Waals surface area contributed by atoms with Gasteiger partial charge in [-0.05, 0) is 62.4 Å². The molecule has 0 N–H and O–H groups in total. The van der Waals surface area contributed by atoms with Gasteiger partial charge in [0.1, 0.15) is 6.54 Å². The number of nitrogens with zero attached hydrogens (tertiary/aromatic N) is 3. The number of carbonyl (C=O) groups excluding carboxylic acids is 1. The van der Waals surface area contributed by atoms with Crippen LogP contribution in [0, 0.1) is 6.92 Å². The standard InChI is InChI=1S/C23H24ClN3O2/c1-16-5-7-17(8-6-16)3-2-4-21(28)15-26-23(29)27(20-13-14-20)22(25-26)18-9-11-19(24)12-10-18/h5-12,20H,2-4,13-15H2,1H3. The van der Waals surface area contributed by atoms with Gasteiger partial charge in [0.05, 0.1) is 0 Å². The molecule has 1 heterocycles. The van der Waals surface area contributed by atoms with Crippen LogP contribution in [-0.4, -0.2) is 20.1 Å². The number of aromatic nitrogens is 3. The second kappa shape index (κ2) is 8.37. The first-order valence-electron chi connectivity index (χ1n) is 10.0. The summed E-state index contributed by atoms with van der Waals surface area (Å²) in [4.78, 5) is 25.3. The van der Waals surface area contributed by atoms with E-state index < -0.39 is 0 Å². The fourth-order valence-electron chi connectivity index (χ4n) is 3.47. The van der Waals surface area contributed by atoms with Crippen LogP contribution in [-0.2, 0) is 17.8 Å². The minimum absolute atomic E-state index is 0.0209. The Kier molecular flexibility index (Phi) is 5.67. The van der Waals surface area contributed by atoms with Crippen molar-refractivity contribution in [2.75, 3.05) is 0 Å². The Morgan fingerprint density at radius 1 is 1.10 bits per heavy atom. The maximum absolute atomic E-state index is 12.9. The summed E-state index contributed by atoms with van der Waals surface area (Å²) in [5, 5.41) is 5.13. The summed E-state index contributed by atoms with van der Waals surface area (Å²) in [6.07, 6.45) is 4.00. The molecule has 1 fully saturated rings. The molecule has 1 aromatic heterocycles. The second-order valence-electron chi connectivity index (χ2n) is 7.75. The van der Waals surface area contributed by atoms with Gasteiger partial charge in [-0.15, -0.1) is 5.10 Å². The maximum Gasteiger partial charge on any atom is 0.346 e. The SMILES string of the molecule is Cc1ccc(CCCC(=O)Cn2nc(-c3ccc(Cl)cc3)n(C3CC3)c2=O)cc1. The molecule has 3 aromatic rings. The number of Topliss-reactive ketones (excluding diaryl/α,β-unsaturated/α-hetero) is 1. The van der Waals surface area contributed by atoms with E-state index >= 15 is 0 Å². The van der Waals surface area contributed by atoms with Crippen molar-refractivity contribution in [1.82, 2.24) is 14.3 Å². The number of benzene rings is 2. The smallest absolute Gasteiger partial charge is 0.298 e. The van der Waals surface area contributed by atoms with E-state index in [1.807, 2.05) is 12.1 Å². The van der Waals surface area contributed by atoms with Gasteiger partial charge in [-0.2, -0.15) is 0 Å². The molecular weight excluding hydrogens is 386 g/mol.